The van der Waals surface area contributed by atoms with Crippen LogP contribution in [-0.4, -0.2) is 38.0 Å². The summed E-state index contributed by atoms with van der Waals surface area (Å²) in [6.07, 6.45) is 8.76. The first kappa shape index (κ1) is 32.2. The average molecular weight is 691 g/mol. The van der Waals surface area contributed by atoms with E-state index in [1.165, 1.54) is 7.11 Å². The van der Waals surface area contributed by atoms with Crippen LogP contribution >= 0.6 is 22.6 Å². The number of carbonyl (C=O) groups excluding carboxylic acids is 1. The number of allylic oxidation sites excluding steroid dienone is 2. The van der Waals surface area contributed by atoms with Crippen LogP contribution in [0, 0.1) is 55.8 Å². The number of H-pyrrole nitrogens is 2. The van der Waals surface area contributed by atoms with Crippen LogP contribution < -0.4 is 10.7 Å². The zero-order valence-electron chi connectivity index (χ0n) is 26.3. The lowest BCUT2D eigenvalue weighted by molar-refractivity contribution is -0.140. The first-order valence-electron chi connectivity index (χ1n) is 14.5. The second-order valence-electron chi connectivity index (χ2n) is 12.2. The Morgan fingerprint density at radius 3 is 2.16 bits per heavy atom. The summed E-state index contributed by atoms with van der Waals surface area (Å²) in [6, 6.07) is 4.64. The molecule has 4 rings (SSSR count). The van der Waals surface area contributed by atoms with Crippen molar-refractivity contribution in [2.45, 2.75) is 86.1 Å². The van der Waals surface area contributed by atoms with Gasteiger partial charge in [-0.15, -0.1) is 0 Å². The molecule has 1 atom stereocenters. The largest absolute Gasteiger partial charge is 0.469 e. The van der Waals surface area contributed by atoms with Gasteiger partial charge in [-0.3, -0.25) is 9.79 Å². The van der Waals surface area contributed by atoms with E-state index >= 15 is 0 Å². The average Bonchev–Trinajstić information content (AvgIpc) is 3.58. The fourth-order valence-electron chi connectivity index (χ4n) is 5.54. The summed E-state index contributed by atoms with van der Waals surface area (Å²) in [5, 5.41) is 21.0. The smallest absolute Gasteiger partial charge is 0.305 e. The molecule has 1 unspecified atom stereocenters. The van der Waals surface area contributed by atoms with E-state index < -0.39 is 5.54 Å². The Hall–Kier alpha value is -3.70. The Morgan fingerprint density at radius 1 is 0.953 bits per heavy atom. The highest BCUT2D eigenvalue weighted by Gasteiger charge is 2.46. The van der Waals surface area contributed by atoms with Gasteiger partial charge in [0.2, 0.25) is 0 Å². The molecule has 0 spiro atoms. The van der Waals surface area contributed by atoms with Gasteiger partial charge in [0.25, 0.3) is 0 Å². The van der Waals surface area contributed by atoms with Crippen LogP contribution in [0.15, 0.2) is 26.8 Å². The molecule has 8 nitrogen and oxygen atoms in total. The number of ether oxygens (including phenoxy) is 1. The van der Waals surface area contributed by atoms with Gasteiger partial charge in [0.05, 0.1) is 24.9 Å². The third-order valence-corrected chi connectivity index (χ3v) is 10.0. The molecule has 0 amide bonds. The number of aliphatic imine (C=N–C) groups is 2. The van der Waals surface area contributed by atoms with Crippen LogP contribution in [-0.2, 0) is 9.53 Å². The molecule has 0 saturated carbocycles. The summed E-state index contributed by atoms with van der Waals surface area (Å²) in [5.74, 6) is -0.263. The molecule has 2 aromatic heterocycles. The van der Waals surface area contributed by atoms with Crippen molar-refractivity contribution in [1.82, 2.24) is 9.97 Å². The molecule has 43 heavy (non-hydrogen) atoms. The zero-order valence-corrected chi connectivity index (χ0v) is 28.4. The van der Waals surface area contributed by atoms with Crippen molar-refractivity contribution < 1.29 is 9.53 Å². The van der Waals surface area contributed by atoms with Gasteiger partial charge in [0.15, 0.2) is 0 Å². The quantitative estimate of drug-likeness (QED) is 0.257. The van der Waals surface area contributed by atoms with Crippen LogP contribution in [0.25, 0.3) is 18.2 Å². The molecule has 2 aliphatic rings. The molecule has 0 aliphatic carbocycles. The maximum Gasteiger partial charge on any atom is 0.305 e. The minimum Gasteiger partial charge on any atom is -0.469 e. The molecular formula is C34H39IN6O2. The SMILES string of the molecule is COC(=O)CCC1=C(CCC#N)/C(=C/c2[nH]c(/C=c3\[nH]/c(=C\C4=NC(C)(C#N)C(C)(C)C4)c(C)c3C)c(C)c2C)N=C1I. The highest BCUT2D eigenvalue weighted by atomic mass is 127. The Labute approximate surface area is 267 Å². The molecule has 9 heteroatoms. The minimum atomic E-state index is -0.736. The van der Waals surface area contributed by atoms with Gasteiger partial charge in [-0.1, -0.05) is 13.8 Å². The van der Waals surface area contributed by atoms with Gasteiger partial charge < -0.3 is 14.7 Å². The third-order valence-electron chi connectivity index (χ3n) is 9.12. The molecule has 0 aromatic carbocycles. The number of nitriles is 2. The molecule has 2 aliphatic heterocycles. The van der Waals surface area contributed by atoms with Crippen LogP contribution in [0.5, 0.6) is 0 Å². The van der Waals surface area contributed by atoms with Crippen LogP contribution in [0.4, 0.5) is 0 Å². The number of nitrogens with one attached hydrogen (secondary N) is 2. The summed E-state index contributed by atoms with van der Waals surface area (Å²) in [5.41, 5.74) is 9.35. The lowest BCUT2D eigenvalue weighted by atomic mass is 9.74. The number of halogens is 1. The van der Waals surface area contributed by atoms with E-state index in [9.17, 15) is 15.3 Å². The Bertz CT molecular complexity index is 1820. The number of esters is 1. The van der Waals surface area contributed by atoms with E-state index in [1.807, 2.05) is 13.0 Å². The molecule has 224 valence electrons. The van der Waals surface area contributed by atoms with Crippen molar-refractivity contribution >= 4 is 56.2 Å². The van der Waals surface area contributed by atoms with Crippen molar-refractivity contribution in [3.8, 4) is 12.1 Å². The number of aromatic amines is 2. The van der Waals surface area contributed by atoms with Gasteiger partial charge in [0, 0.05) is 46.1 Å². The van der Waals surface area contributed by atoms with E-state index in [0.29, 0.717) is 19.3 Å². The summed E-state index contributed by atoms with van der Waals surface area (Å²) >= 11 is 2.21. The Balaban J connectivity index is 1.73. The standard InChI is InChI=1S/C34H39IN6O2/c1-19-20(2)27(38-26(19)14-23-17-33(5,6)34(7,18-37)41-23)15-28-21(3)22(4)29(39-28)16-30-24(10-9-13-36)25(32(35)40-30)11-12-31(42)43-8/h14-16,38-39H,9-12,17H2,1-8H3/b26-14-,27-15-,30-16-. The zero-order chi connectivity index (χ0) is 31.7. The minimum absolute atomic E-state index is 0.227. The van der Waals surface area contributed by atoms with Crippen molar-refractivity contribution in [3.63, 3.8) is 0 Å². The van der Waals surface area contributed by atoms with Crippen molar-refractivity contribution in [2.24, 2.45) is 15.4 Å². The Kier molecular flexibility index (Phi) is 9.36. The van der Waals surface area contributed by atoms with E-state index in [1.54, 1.807) is 0 Å². The lowest BCUT2D eigenvalue weighted by Gasteiger charge is -2.29. The van der Waals surface area contributed by atoms with Gasteiger partial charge in [-0.05, 0) is 128 Å². The number of hydrogen-bond donors (Lipinski definition) is 2. The monoisotopic (exact) mass is 690 g/mol. The van der Waals surface area contributed by atoms with Gasteiger partial charge in [0.1, 0.15) is 9.26 Å². The van der Waals surface area contributed by atoms with Crippen molar-refractivity contribution in [1.29, 1.82) is 10.5 Å². The summed E-state index contributed by atoms with van der Waals surface area (Å²) in [6.45, 7) is 14.5. The van der Waals surface area contributed by atoms with Crippen molar-refractivity contribution in [3.05, 3.63) is 61.2 Å². The van der Waals surface area contributed by atoms with E-state index in [4.69, 9.17) is 14.7 Å². The highest BCUT2D eigenvalue weighted by molar-refractivity contribution is 14.1. The van der Waals surface area contributed by atoms with Crippen molar-refractivity contribution in [2.75, 3.05) is 7.11 Å². The van der Waals surface area contributed by atoms with Crippen LogP contribution in [0.1, 0.15) is 86.5 Å². The van der Waals surface area contributed by atoms with E-state index in [2.05, 4.69) is 98.4 Å². The topological polar surface area (TPSA) is 130 Å². The molecule has 2 aromatic rings. The molecule has 4 heterocycles. The normalized spacial score (nSPS) is 21.3. The number of aromatic nitrogens is 2. The number of rotatable bonds is 8. The first-order chi connectivity index (χ1) is 20.2. The molecule has 0 bridgehead atoms. The summed E-state index contributed by atoms with van der Waals surface area (Å²) in [7, 11) is 1.39. The predicted octanol–water partition coefficient (Wildman–Crippen LogP) is 6.08. The molecule has 0 radical (unpaired) electrons. The second-order valence-corrected chi connectivity index (χ2v) is 13.2. The fraction of sp³-hybridized carbons (Fsp3) is 0.441. The van der Waals surface area contributed by atoms with E-state index in [0.717, 1.165) is 77.0 Å². The van der Waals surface area contributed by atoms with Crippen LogP contribution in [0.2, 0.25) is 0 Å². The van der Waals surface area contributed by atoms with Gasteiger partial charge >= 0.3 is 5.97 Å². The summed E-state index contributed by atoms with van der Waals surface area (Å²) < 4.78 is 5.68. The van der Waals surface area contributed by atoms with Gasteiger partial charge in [-0.25, -0.2) is 4.99 Å². The fourth-order valence-corrected chi connectivity index (χ4v) is 6.40. The number of carbonyl (C=O) groups is 1. The highest BCUT2D eigenvalue weighted by Crippen LogP contribution is 2.43. The Morgan fingerprint density at radius 2 is 1.58 bits per heavy atom. The maximum absolute atomic E-state index is 11.8. The molecular weight excluding hydrogens is 651 g/mol. The molecule has 0 fully saturated rings. The van der Waals surface area contributed by atoms with Gasteiger partial charge in [-0.2, -0.15) is 10.5 Å². The van der Waals surface area contributed by atoms with E-state index in [-0.39, 0.29) is 17.8 Å². The summed E-state index contributed by atoms with van der Waals surface area (Å²) in [4.78, 5) is 28.6. The van der Waals surface area contributed by atoms with Crippen LogP contribution in [0.3, 0.4) is 0 Å². The second kappa shape index (κ2) is 12.5. The maximum atomic E-state index is 11.8. The lowest BCUT2D eigenvalue weighted by Crippen LogP contribution is -2.34. The number of hydrogen-bond acceptors (Lipinski definition) is 6. The third kappa shape index (κ3) is 6.33. The molecule has 2 N–H and O–H groups in total. The predicted molar refractivity (Wildman–Crippen MR) is 180 cm³/mol. The number of nitrogens with zero attached hydrogens (tertiary/aromatic N) is 4. The number of methoxy groups -OCH3 is 1. The molecule has 0 saturated heterocycles. The first-order valence-corrected chi connectivity index (χ1v) is 15.5.